The van der Waals surface area contributed by atoms with Crippen molar-refractivity contribution in [3.63, 3.8) is 0 Å². The Morgan fingerprint density at radius 2 is 1.03 bits per heavy atom. The Morgan fingerprint density at radius 3 is 1.41 bits per heavy atom. The zero-order valence-corrected chi connectivity index (χ0v) is 33.6. The van der Waals surface area contributed by atoms with Gasteiger partial charge in [0.1, 0.15) is 31.9 Å². The first-order chi connectivity index (χ1) is 28.2. The lowest BCUT2D eigenvalue weighted by Gasteiger charge is -2.23. The van der Waals surface area contributed by atoms with E-state index in [1.54, 1.807) is 34.6 Å². The predicted molar refractivity (Wildman–Crippen MR) is 227 cm³/mol. The standard InChI is InChI=1S/C44H40N8O4S2/c1-27-37(57-41(47-27)31-7-3-21-45-25-31)43(55)51-23-5-9-35(51)39(53)49-33-17-13-29(14-18-33)11-12-30-15-19-34(20-16-30)50-40(54)36-10-6-24-52(36)44(56)38-28(2)48-42(58-38)32-8-4-22-46-26-32/h3-4,7-8,11-22,25-26,35-36H,5-6,9-10,23-24H2,1-2H3,(H,49,53)(H,50,54)/b12-11+/t35-,36-/m0/s1. The van der Waals surface area contributed by atoms with Crippen molar-refractivity contribution in [3.05, 3.63) is 130 Å². The number of nitrogens with one attached hydrogen (secondary N) is 2. The Labute approximate surface area is 343 Å². The molecule has 0 unspecified atom stereocenters. The molecule has 8 rings (SSSR count). The minimum Gasteiger partial charge on any atom is -0.326 e. The fourth-order valence-corrected chi connectivity index (χ4v) is 9.26. The van der Waals surface area contributed by atoms with Gasteiger partial charge in [0.05, 0.1) is 11.4 Å². The van der Waals surface area contributed by atoms with Gasteiger partial charge in [-0.1, -0.05) is 36.4 Å². The lowest BCUT2D eigenvalue weighted by molar-refractivity contribution is -0.120. The van der Waals surface area contributed by atoms with Crippen LogP contribution in [0.2, 0.25) is 0 Å². The van der Waals surface area contributed by atoms with Gasteiger partial charge in [-0.15, -0.1) is 22.7 Å². The average molecular weight is 809 g/mol. The van der Waals surface area contributed by atoms with Crippen molar-refractivity contribution in [2.24, 2.45) is 0 Å². The number of hydrogen-bond acceptors (Lipinski definition) is 10. The van der Waals surface area contributed by atoms with Crippen LogP contribution in [-0.2, 0) is 9.59 Å². The van der Waals surface area contributed by atoms with Crippen molar-refractivity contribution in [1.29, 1.82) is 0 Å². The van der Waals surface area contributed by atoms with E-state index in [-0.39, 0.29) is 23.6 Å². The highest BCUT2D eigenvalue weighted by atomic mass is 32.1. The monoisotopic (exact) mass is 808 g/mol. The van der Waals surface area contributed by atoms with Crippen molar-refractivity contribution in [2.75, 3.05) is 23.7 Å². The lowest BCUT2D eigenvalue weighted by atomic mass is 10.1. The van der Waals surface area contributed by atoms with Crippen molar-refractivity contribution < 1.29 is 19.2 Å². The maximum absolute atomic E-state index is 13.6. The molecule has 2 atom stereocenters. The fourth-order valence-electron chi connectivity index (χ4n) is 7.24. The molecule has 2 fully saturated rings. The van der Waals surface area contributed by atoms with Crippen molar-refractivity contribution in [2.45, 2.75) is 51.6 Å². The van der Waals surface area contributed by atoms with Gasteiger partial charge in [0.25, 0.3) is 11.8 Å². The van der Waals surface area contributed by atoms with Crippen LogP contribution in [-0.4, -0.2) is 78.5 Å². The van der Waals surface area contributed by atoms with E-state index >= 15 is 0 Å². The molecule has 4 aromatic heterocycles. The number of benzene rings is 2. The molecule has 6 aromatic rings. The SMILES string of the molecule is Cc1nc(-c2cccnc2)sc1C(=O)N1CCC[C@H]1C(=O)Nc1ccc(/C=C/c2ccc(NC(=O)[C@@H]3CCCN3C(=O)c3sc(-c4cccnc4)nc3C)cc2)cc1. The van der Waals surface area contributed by atoms with Crippen LogP contribution in [0.5, 0.6) is 0 Å². The van der Waals surface area contributed by atoms with Gasteiger partial charge in [-0.05, 0) is 99.2 Å². The number of aromatic nitrogens is 4. The molecule has 6 heterocycles. The number of thiazole rings is 2. The molecule has 2 aromatic carbocycles. The normalized spacial score (nSPS) is 16.5. The predicted octanol–water partition coefficient (Wildman–Crippen LogP) is 8.00. The summed E-state index contributed by atoms with van der Waals surface area (Å²) in [5.74, 6) is -0.781. The summed E-state index contributed by atoms with van der Waals surface area (Å²) < 4.78 is 0. The fraction of sp³-hybridized carbons (Fsp3) is 0.227. The summed E-state index contributed by atoms with van der Waals surface area (Å²) >= 11 is 2.65. The topological polar surface area (TPSA) is 150 Å². The maximum Gasteiger partial charge on any atom is 0.266 e. The summed E-state index contributed by atoms with van der Waals surface area (Å²) in [5, 5.41) is 7.45. The van der Waals surface area contributed by atoms with Gasteiger partial charge in [-0.3, -0.25) is 29.1 Å². The molecule has 292 valence electrons. The number of amides is 4. The van der Waals surface area contributed by atoms with Crippen molar-refractivity contribution >= 4 is 69.8 Å². The average Bonchev–Trinajstić information content (AvgIpc) is 4.08. The van der Waals surface area contributed by atoms with Crippen LogP contribution >= 0.6 is 22.7 Å². The first kappa shape index (κ1) is 38.5. The number of likely N-dealkylation sites (tertiary alicyclic amines) is 2. The number of hydrogen-bond donors (Lipinski definition) is 2. The summed E-state index contributed by atoms with van der Waals surface area (Å²) in [6.45, 7) is 4.66. The molecule has 0 aliphatic carbocycles. The summed E-state index contributed by atoms with van der Waals surface area (Å²) in [6, 6.07) is 21.4. The number of aryl methyl sites for hydroxylation is 2. The molecule has 2 aliphatic rings. The Bertz CT molecular complexity index is 2310. The van der Waals surface area contributed by atoms with Crippen molar-refractivity contribution in [1.82, 2.24) is 29.7 Å². The molecule has 2 N–H and O–H groups in total. The summed E-state index contributed by atoms with van der Waals surface area (Å²) in [5.41, 5.74) is 6.16. The van der Waals surface area contributed by atoms with Crippen LogP contribution < -0.4 is 10.6 Å². The molecule has 58 heavy (non-hydrogen) atoms. The molecule has 4 amide bonds. The van der Waals surface area contributed by atoms with Crippen LogP contribution in [0.1, 0.15) is 67.5 Å². The molecule has 0 spiro atoms. The minimum atomic E-state index is -0.567. The second-order valence-electron chi connectivity index (χ2n) is 14.2. The molecule has 2 aliphatic heterocycles. The first-order valence-corrected chi connectivity index (χ1v) is 20.7. The number of pyridine rings is 2. The van der Waals surface area contributed by atoms with E-state index in [1.807, 2.05) is 98.8 Å². The van der Waals surface area contributed by atoms with Crippen LogP contribution in [0.25, 0.3) is 33.3 Å². The van der Waals surface area contributed by atoms with Gasteiger partial charge in [-0.2, -0.15) is 0 Å². The number of carbonyl (C=O) groups is 4. The molecule has 2 saturated heterocycles. The van der Waals surface area contributed by atoms with E-state index in [4.69, 9.17) is 0 Å². The molecule has 0 saturated carbocycles. The third-order valence-corrected chi connectivity index (χ3v) is 12.6. The molecule has 0 radical (unpaired) electrons. The van der Waals surface area contributed by atoms with Gasteiger partial charge in [0.15, 0.2) is 0 Å². The van der Waals surface area contributed by atoms with Gasteiger partial charge >= 0.3 is 0 Å². The van der Waals surface area contributed by atoms with Gasteiger partial charge in [0.2, 0.25) is 11.8 Å². The van der Waals surface area contributed by atoms with Crippen molar-refractivity contribution in [3.8, 4) is 21.1 Å². The van der Waals surface area contributed by atoms with E-state index < -0.39 is 12.1 Å². The third-order valence-electron chi connectivity index (χ3n) is 10.3. The van der Waals surface area contributed by atoms with Gasteiger partial charge in [0, 0.05) is 60.4 Å². The van der Waals surface area contributed by atoms with E-state index in [0.717, 1.165) is 45.1 Å². The molecule has 0 bridgehead atoms. The summed E-state index contributed by atoms with van der Waals surface area (Å²) in [6.07, 6.45) is 13.5. The van der Waals surface area contributed by atoms with E-state index in [0.29, 0.717) is 58.4 Å². The molecular formula is C44H40N8O4S2. The zero-order valence-electron chi connectivity index (χ0n) is 31.9. The lowest BCUT2D eigenvalue weighted by Crippen LogP contribution is -2.43. The summed E-state index contributed by atoms with van der Waals surface area (Å²) in [7, 11) is 0. The minimum absolute atomic E-state index is 0.176. The Hall–Kier alpha value is -6.38. The van der Waals surface area contributed by atoms with Gasteiger partial charge < -0.3 is 20.4 Å². The number of nitrogens with zero attached hydrogens (tertiary/aromatic N) is 6. The van der Waals surface area contributed by atoms with E-state index in [1.165, 1.54) is 22.7 Å². The van der Waals surface area contributed by atoms with Crippen LogP contribution in [0.15, 0.2) is 97.6 Å². The summed E-state index contributed by atoms with van der Waals surface area (Å²) in [4.78, 5) is 76.0. The van der Waals surface area contributed by atoms with Crippen LogP contribution in [0.4, 0.5) is 11.4 Å². The number of rotatable bonds is 10. The van der Waals surface area contributed by atoms with Gasteiger partial charge in [-0.25, -0.2) is 9.97 Å². The number of carbonyl (C=O) groups excluding carboxylic acids is 4. The second kappa shape index (κ2) is 17.0. The first-order valence-electron chi connectivity index (χ1n) is 19.1. The highest BCUT2D eigenvalue weighted by Gasteiger charge is 2.37. The smallest absolute Gasteiger partial charge is 0.266 e. The van der Waals surface area contributed by atoms with E-state index in [2.05, 4.69) is 30.6 Å². The second-order valence-corrected chi connectivity index (χ2v) is 16.2. The highest BCUT2D eigenvalue weighted by molar-refractivity contribution is 7.17. The van der Waals surface area contributed by atoms with Crippen LogP contribution in [0, 0.1) is 13.8 Å². The maximum atomic E-state index is 13.6. The Balaban J connectivity index is 0.841. The molecule has 14 heteroatoms. The number of anilines is 2. The van der Waals surface area contributed by atoms with Crippen LogP contribution in [0.3, 0.4) is 0 Å². The highest BCUT2D eigenvalue weighted by Crippen LogP contribution is 2.32. The quantitative estimate of drug-likeness (QED) is 0.132. The van der Waals surface area contributed by atoms with E-state index in [9.17, 15) is 19.2 Å². The third kappa shape index (κ3) is 8.34. The molecular weight excluding hydrogens is 769 g/mol. The largest absolute Gasteiger partial charge is 0.326 e. The molecule has 12 nitrogen and oxygen atoms in total. The zero-order chi connectivity index (χ0) is 40.2. The Morgan fingerprint density at radius 1 is 0.621 bits per heavy atom. The Kier molecular flexibility index (Phi) is 11.3.